The third-order valence-corrected chi connectivity index (χ3v) is 5.53. The van der Waals surface area contributed by atoms with Crippen molar-refractivity contribution in [1.29, 1.82) is 0 Å². The molecule has 0 spiro atoms. The van der Waals surface area contributed by atoms with Gasteiger partial charge in [0.05, 0.1) is 11.4 Å². The van der Waals surface area contributed by atoms with Crippen LogP contribution in [0, 0.1) is 19.8 Å². The zero-order chi connectivity index (χ0) is 19.1. The first kappa shape index (κ1) is 17.9. The number of anilines is 1. The number of carbonyl (C=O) groups excluding carboxylic acids is 1. The zero-order valence-electron chi connectivity index (χ0n) is 15.4. The van der Waals surface area contributed by atoms with Crippen molar-refractivity contribution in [3.05, 3.63) is 29.3 Å². The molecule has 7 nitrogen and oxygen atoms in total. The van der Waals surface area contributed by atoms with Crippen LogP contribution in [0.4, 0.5) is 14.6 Å². The summed E-state index contributed by atoms with van der Waals surface area (Å²) < 4.78 is 33.6. The van der Waals surface area contributed by atoms with E-state index in [1.807, 2.05) is 6.07 Å². The number of hydrogen-bond acceptors (Lipinski definition) is 5. The Morgan fingerprint density at radius 2 is 2.00 bits per heavy atom. The van der Waals surface area contributed by atoms with E-state index in [-0.39, 0.29) is 23.6 Å². The number of aromatic nitrogens is 3. The number of amides is 1. The molecule has 4 rings (SSSR count). The number of likely N-dealkylation sites (tertiary alicyclic amines) is 1. The van der Waals surface area contributed by atoms with Crippen molar-refractivity contribution >= 4 is 11.7 Å². The second-order valence-corrected chi connectivity index (χ2v) is 7.47. The summed E-state index contributed by atoms with van der Waals surface area (Å²) >= 11 is 0. The van der Waals surface area contributed by atoms with Gasteiger partial charge in [0, 0.05) is 31.3 Å². The van der Waals surface area contributed by atoms with E-state index in [2.05, 4.69) is 15.6 Å². The normalized spacial score (nSPS) is 23.4. The van der Waals surface area contributed by atoms with Gasteiger partial charge in [0.1, 0.15) is 11.9 Å². The van der Waals surface area contributed by atoms with Gasteiger partial charge in [0.15, 0.2) is 0 Å². The number of piperidine rings is 1. The van der Waals surface area contributed by atoms with E-state index >= 15 is 0 Å². The van der Waals surface area contributed by atoms with E-state index in [0.29, 0.717) is 31.0 Å². The third-order valence-electron chi connectivity index (χ3n) is 5.53. The van der Waals surface area contributed by atoms with E-state index in [1.165, 1.54) is 4.68 Å². The number of rotatable bonds is 3. The Morgan fingerprint density at radius 1 is 1.26 bits per heavy atom. The SMILES string of the molecule is Cc1cc(C(=O)N2CCC([C@@H]3C[C@H](C(F)F)n4nc(C)cc4N3)CC2)on1. The molecule has 2 aliphatic heterocycles. The number of fused-ring (bicyclic) bond motifs is 1. The maximum Gasteiger partial charge on any atom is 0.292 e. The maximum atomic E-state index is 13.5. The molecular weight excluding hydrogens is 356 g/mol. The quantitative estimate of drug-likeness (QED) is 0.887. The molecule has 2 aliphatic rings. The van der Waals surface area contributed by atoms with Crippen LogP contribution < -0.4 is 5.32 Å². The van der Waals surface area contributed by atoms with Crippen LogP contribution in [-0.2, 0) is 0 Å². The molecule has 1 N–H and O–H groups in total. The molecule has 4 heterocycles. The maximum absolute atomic E-state index is 13.5. The summed E-state index contributed by atoms with van der Waals surface area (Å²) in [7, 11) is 0. The minimum absolute atomic E-state index is 0.0441. The number of alkyl halides is 2. The van der Waals surface area contributed by atoms with Gasteiger partial charge in [-0.05, 0) is 39.0 Å². The largest absolute Gasteiger partial charge is 0.367 e. The van der Waals surface area contributed by atoms with Crippen LogP contribution in [0.1, 0.15) is 47.2 Å². The van der Waals surface area contributed by atoms with E-state index in [1.54, 1.807) is 24.8 Å². The van der Waals surface area contributed by atoms with Gasteiger partial charge in [-0.2, -0.15) is 5.10 Å². The minimum atomic E-state index is -2.45. The molecule has 0 bridgehead atoms. The number of halogens is 2. The van der Waals surface area contributed by atoms with Gasteiger partial charge in [0.2, 0.25) is 5.76 Å². The van der Waals surface area contributed by atoms with E-state index < -0.39 is 12.5 Å². The van der Waals surface area contributed by atoms with Gasteiger partial charge in [0.25, 0.3) is 12.3 Å². The zero-order valence-corrected chi connectivity index (χ0v) is 15.4. The molecule has 2 atom stereocenters. The second-order valence-electron chi connectivity index (χ2n) is 7.47. The number of nitrogens with zero attached hydrogens (tertiary/aromatic N) is 4. The van der Waals surface area contributed by atoms with Crippen molar-refractivity contribution in [2.24, 2.45) is 5.92 Å². The average Bonchev–Trinajstić information content (AvgIpc) is 3.24. The van der Waals surface area contributed by atoms with E-state index in [0.717, 1.165) is 18.5 Å². The highest BCUT2D eigenvalue weighted by Crippen LogP contribution is 2.37. The summed E-state index contributed by atoms with van der Waals surface area (Å²) in [5.74, 6) is 0.976. The Balaban J connectivity index is 1.42. The molecule has 0 aromatic carbocycles. The highest BCUT2D eigenvalue weighted by molar-refractivity contribution is 5.91. The molecule has 9 heteroatoms. The molecule has 146 valence electrons. The summed E-state index contributed by atoms with van der Waals surface area (Å²) in [5, 5.41) is 11.4. The standard InChI is InChI=1S/C18H23F2N5O2/c1-10-8-16-21-13(9-14(17(19)20)25(16)22-10)12-3-5-24(6-4-12)18(26)15-7-11(2)23-27-15/h7-8,12-14,17,21H,3-6,9H2,1-2H3/t13-,14+/m0/s1. The lowest BCUT2D eigenvalue weighted by Gasteiger charge is -2.40. The van der Waals surface area contributed by atoms with Crippen molar-refractivity contribution in [3.8, 4) is 0 Å². The molecule has 0 unspecified atom stereocenters. The van der Waals surface area contributed by atoms with E-state index in [9.17, 15) is 13.6 Å². The second kappa shape index (κ2) is 6.94. The number of aryl methyl sites for hydroxylation is 2. The summed E-state index contributed by atoms with van der Waals surface area (Å²) in [4.78, 5) is 14.2. The number of nitrogens with one attached hydrogen (secondary N) is 1. The Labute approximate surface area is 155 Å². The van der Waals surface area contributed by atoms with Crippen molar-refractivity contribution in [3.63, 3.8) is 0 Å². The van der Waals surface area contributed by atoms with Crippen LogP contribution >= 0.6 is 0 Å². The molecule has 27 heavy (non-hydrogen) atoms. The first-order valence-electron chi connectivity index (χ1n) is 9.26. The first-order chi connectivity index (χ1) is 12.9. The molecule has 0 radical (unpaired) electrons. The molecule has 1 saturated heterocycles. The average molecular weight is 379 g/mol. The van der Waals surface area contributed by atoms with Gasteiger partial charge in [-0.15, -0.1) is 0 Å². The summed E-state index contributed by atoms with van der Waals surface area (Å²) in [6.07, 6.45) is -0.589. The Bertz CT molecular complexity index is 826. The lowest BCUT2D eigenvalue weighted by atomic mass is 9.85. The van der Waals surface area contributed by atoms with Crippen molar-refractivity contribution < 1.29 is 18.1 Å². The third kappa shape index (κ3) is 3.42. The Hall–Kier alpha value is -2.45. The fourth-order valence-electron chi connectivity index (χ4n) is 4.13. The van der Waals surface area contributed by atoms with Crippen LogP contribution in [0.25, 0.3) is 0 Å². The smallest absolute Gasteiger partial charge is 0.292 e. The number of hydrogen-bond donors (Lipinski definition) is 1. The Morgan fingerprint density at radius 3 is 2.63 bits per heavy atom. The van der Waals surface area contributed by atoms with Crippen molar-refractivity contribution in [2.45, 2.75) is 51.6 Å². The molecule has 0 saturated carbocycles. The molecule has 0 aliphatic carbocycles. The van der Waals surface area contributed by atoms with Crippen LogP contribution in [0.3, 0.4) is 0 Å². The molecule has 2 aromatic rings. The summed E-state index contributed by atoms with van der Waals surface area (Å²) in [6, 6.07) is 2.49. The van der Waals surface area contributed by atoms with Crippen molar-refractivity contribution in [1.82, 2.24) is 19.8 Å². The fourth-order valence-corrected chi connectivity index (χ4v) is 4.13. The highest BCUT2D eigenvalue weighted by Gasteiger charge is 2.38. The lowest BCUT2D eigenvalue weighted by molar-refractivity contribution is 0.0525. The minimum Gasteiger partial charge on any atom is -0.367 e. The first-order valence-corrected chi connectivity index (χ1v) is 9.26. The fraction of sp³-hybridized carbons (Fsp3) is 0.611. The predicted molar refractivity (Wildman–Crippen MR) is 93.9 cm³/mol. The van der Waals surface area contributed by atoms with Crippen LogP contribution in [0.5, 0.6) is 0 Å². The number of carbonyl (C=O) groups is 1. The highest BCUT2D eigenvalue weighted by atomic mass is 19.3. The molecule has 2 aromatic heterocycles. The van der Waals surface area contributed by atoms with Gasteiger partial charge in [-0.25, -0.2) is 13.5 Å². The van der Waals surface area contributed by atoms with Gasteiger partial charge < -0.3 is 14.7 Å². The molecular formula is C18H23F2N5O2. The Kier molecular flexibility index (Phi) is 4.61. The van der Waals surface area contributed by atoms with Gasteiger partial charge in [-0.3, -0.25) is 4.79 Å². The van der Waals surface area contributed by atoms with Crippen LogP contribution in [-0.4, -0.2) is 51.3 Å². The monoisotopic (exact) mass is 379 g/mol. The lowest BCUT2D eigenvalue weighted by Crippen LogP contribution is -2.46. The van der Waals surface area contributed by atoms with Crippen molar-refractivity contribution in [2.75, 3.05) is 18.4 Å². The molecule has 1 amide bonds. The summed E-state index contributed by atoms with van der Waals surface area (Å²) in [6.45, 7) is 4.74. The predicted octanol–water partition coefficient (Wildman–Crippen LogP) is 3.03. The van der Waals surface area contributed by atoms with Crippen LogP contribution in [0.2, 0.25) is 0 Å². The topological polar surface area (TPSA) is 76.2 Å². The van der Waals surface area contributed by atoms with E-state index in [4.69, 9.17) is 4.52 Å². The van der Waals surface area contributed by atoms with Crippen LogP contribution in [0.15, 0.2) is 16.7 Å². The molecule has 1 fully saturated rings. The van der Waals surface area contributed by atoms with Gasteiger partial charge >= 0.3 is 0 Å². The summed E-state index contributed by atoms with van der Waals surface area (Å²) in [5.41, 5.74) is 1.40. The van der Waals surface area contributed by atoms with Gasteiger partial charge in [-0.1, -0.05) is 5.16 Å².